The molecule has 0 radical (unpaired) electrons. The SMILES string of the molecule is CCOC(=O)/C(NN)=C(/N)SC1Cc2cc(Cl)c(Cl)cc2C1. The minimum atomic E-state index is -0.559. The van der Waals surface area contributed by atoms with E-state index in [4.69, 9.17) is 39.5 Å². The van der Waals surface area contributed by atoms with E-state index in [0.29, 0.717) is 15.1 Å². The zero-order chi connectivity index (χ0) is 16.3. The first kappa shape index (κ1) is 17.3. The topological polar surface area (TPSA) is 90.4 Å². The van der Waals surface area contributed by atoms with Gasteiger partial charge in [-0.2, -0.15) is 0 Å². The lowest BCUT2D eigenvalue weighted by atomic mass is 10.1. The molecule has 0 atom stereocenters. The zero-order valence-corrected chi connectivity index (χ0v) is 14.3. The number of rotatable bonds is 5. The third kappa shape index (κ3) is 3.81. The lowest BCUT2D eigenvalue weighted by Crippen LogP contribution is -2.31. The summed E-state index contributed by atoms with van der Waals surface area (Å²) < 4.78 is 4.91. The summed E-state index contributed by atoms with van der Waals surface area (Å²) in [5, 5.41) is 1.61. The van der Waals surface area contributed by atoms with Gasteiger partial charge in [-0.1, -0.05) is 23.2 Å². The molecule has 5 N–H and O–H groups in total. The van der Waals surface area contributed by atoms with Crippen LogP contribution in [0.15, 0.2) is 22.9 Å². The quantitative estimate of drug-likeness (QED) is 0.322. The van der Waals surface area contributed by atoms with Crippen LogP contribution in [0.25, 0.3) is 0 Å². The third-order valence-electron chi connectivity index (χ3n) is 3.30. The Kier molecular flexibility index (Phi) is 5.86. The Bertz CT molecular complexity index is 591. The van der Waals surface area contributed by atoms with Crippen LogP contribution < -0.4 is 17.0 Å². The van der Waals surface area contributed by atoms with Crippen molar-refractivity contribution < 1.29 is 9.53 Å². The Balaban J connectivity index is 2.10. The maximum atomic E-state index is 11.7. The highest BCUT2D eigenvalue weighted by atomic mass is 35.5. The van der Waals surface area contributed by atoms with Crippen molar-refractivity contribution in [3.8, 4) is 0 Å². The molecule has 1 aliphatic carbocycles. The summed E-state index contributed by atoms with van der Waals surface area (Å²) in [4.78, 5) is 11.7. The molecule has 0 aromatic heterocycles. The molecule has 0 amide bonds. The predicted molar refractivity (Wildman–Crippen MR) is 90.4 cm³/mol. The average Bonchev–Trinajstić information content (AvgIpc) is 2.81. The lowest BCUT2D eigenvalue weighted by Gasteiger charge is -2.13. The van der Waals surface area contributed by atoms with Gasteiger partial charge in [-0.25, -0.2) is 4.79 Å². The molecule has 0 fully saturated rings. The van der Waals surface area contributed by atoms with Gasteiger partial charge in [0.25, 0.3) is 0 Å². The molecule has 0 spiro atoms. The van der Waals surface area contributed by atoms with E-state index < -0.39 is 5.97 Å². The second kappa shape index (κ2) is 7.46. The molecule has 5 nitrogen and oxygen atoms in total. The standard InChI is InChI=1S/C14H17Cl2N3O2S/c1-2-21-14(20)12(19-18)13(17)22-9-3-7-5-10(15)11(16)6-8(7)4-9/h5-6,9,19H,2-4,17-18H2,1H3/b13-12+. The fourth-order valence-electron chi connectivity index (χ4n) is 2.33. The van der Waals surface area contributed by atoms with Gasteiger partial charge < -0.3 is 15.9 Å². The van der Waals surface area contributed by atoms with Crippen molar-refractivity contribution in [2.45, 2.75) is 25.0 Å². The maximum Gasteiger partial charge on any atom is 0.358 e. The number of carbonyl (C=O) groups is 1. The molecule has 22 heavy (non-hydrogen) atoms. The van der Waals surface area contributed by atoms with Crippen molar-refractivity contribution in [1.82, 2.24) is 5.43 Å². The first-order valence-corrected chi connectivity index (χ1v) is 8.36. The Hall–Kier alpha value is -1.08. The first-order chi connectivity index (χ1) is 10.5. The average molecular weight is 362 g/mol. The predicted octanol–water partition coefficient (Wildman–Crippen LogP) is 2.35. The maximum absolute atomic E-state index is 11.7. The lowest BCUT2D eigenvalue weighted by molar-refractivity contribution is -0.139. The molecule has 1 aromatic carbocycles. The van der Waals surface area contributed by atoms with Crippen LogP contribution in [0.2, 0.25) is 10.0 Å². The van der Waals surface area contributed by atoms with E-state index in [2.05, 4.69) is 5.43 Å². The highest BCUT2D eigenvalue weighted by molar-refractivity contribution is 8.03. The summed E-state index contributed by atoms with van der Waals surface area (Å²) in [5.74, 6) is 4.81. The van der Waals surface area contributed by atoms with Gasteiger partial charge in [0.05, 0.1) is 21.7 Å². The van der Waals surface area contributed by atoms with E-state index in [-0.39, 0.29) is 17.6 Å². The van der Waals surface area contributed by atoms with Crippen LogP contribution in [-0.2, 0) is 22.4 Å². The Labute approximate surface area is 143 Å². The first-order valence-electron chi connectivity index (χ1n) is 6.73. The number of nitrogens with two attached hydrogens (primary N) is 2. The van der Waals surface area contributed by atoms with Gasteiger partial charge in [-0.05, 0) is 43.0 Å². The number of ether oxygens (including phenoxy) is 1. The molecule has 0 aliphatic heterocycles. The molecular weight excluding hydrogens is 345 g/mol. The molecule has 120 valence electrons. The number of benzene rings is 1. The fraction of sp³-hybridized carbons (Fsp3) is 0.357. The summed E-state index contributed by atoms with van der Waals surface area (Å²) in [6.45, 7) is 1.98. The van der Waals surface area contributed by atoms with Gasteiger partial charge >= 0.3 is 5.97 Å². The van der Waals surface area contributed by atoms with Gasteiger partial charge in [-0.15, -0.1) is 11.8 Å². The minimum Gasteiger partial charge on any atom is -0.461 e. The summed E-state index contributed by atoms with van der Waals surface area (Å²) in [6, 6.07) is 3.76. The number of fused-ring (bicyclic) bond motifs is 1. The highest BCUT2D eigenvalue weighted by Gasteiger charge is 2.25. The van der Waals surface area contributed by atoms with E-state index in [0.717, 1.165) is 24.0 Å². The monoisotopic (exact) mass is 361 g/mol. The van der Waals surface area contributed by atoms with Crippen LogP contribution in [0.5, 0.6) is 0 Å². The van der Waals surface area contributed by atoms with E-state index in [9.17, 15) is 4.79 Å². The van der Waals surface area contributed by atoms with Crippen LogP contribution in [-0.4, -0.2) is 17.8 Å². The van der Waals surface area contributed by atoms with Gasteiger partial charge in [0.15, 0.2) is 5.70 Å². The molecule has 1 aromatic rings. The third-order valence-corrected chi connectivity index (χ3v) is 5.15. The van der Waals surface area contributed by atoms with E-state index in [1.807, 2.05) is 12.1 Å². The van der Waals surface area contributed by atoms with Crippen molar-refractivity contribution in [2.24, 2.45) is 11.6 Å². The normalized spacial score (nSPS) is 15.3. The van der Waals surface area contributed by atoms with Gasteiger partial charge in [-0.3, -0.25) is 5.84 Å². The minimum absolute atomic E-state index is 0.0823. The number of carbonyl (C=O) groups excluding carboxylic acids is 1. The largest absolute Gasteiger partial charge is 0.461 e. The summed E-state index contributed by atoms with van der Waals surface area (Å²) in [5.41, 5.74) is 10.7. The number of esters is 1. The van der Waals surface area contributed by atoms with Crippen LogP contribution in [0, 0.1) is 0 Å². The van der Waals surface area contributed by atoms with Crippen LogP contribution in [0.3, 0.4) is 0 Å². The highest BCUT2D eigenvalue weighted by Crippen LogP contribution is 2.37. The van der Waals surface area contributed by atoms with Crippen LogP contribution in [0.4, 0.5) is 0 Å². The number of halogens is 2. The van der Waals surface area contributed by atoms with Crippen LogP contribution in [0.1, 0.15) is 18.1 Å². The molecule has 0 unspecified atom stereocenters. The molecule has 1 aliphatic rings. The van der Waals surface area contributed by atoms with Gasteiger partial charge in [0.1, 0.15) is 0 Å². The smallest absolute Gasteiger partial charge is 0.358 e. The molecular formula is C14H17Cl2N3O2S. The van der Waals surface area contributed by atoms with Crippen molar-refractivity contribution in [2.75, 3.05) is 6.61 Å². The van der Waals surface area contributed by atoms with Gasteiger partial charge in [0, 0.05) is 5.25 Å². The molecule has 8 heteroatoms. The number of hydrogen-bond acceptors (Lipinski definition) is 6. The van der Waals surface area contributed by atoms with Crippen molar-refractivity contribution in [3.05, 3.63) is 44.0 Å². The second-order valence-electron chi connectivity index (χ2n) is 4.79. The summed E-state index contributed by atoms with van der Waals surface area (Å²) >= 11 is 13.5. The fourth-order valence-corrected chi connectivity index (χ4v) is 3.85. The summed E-state index contributed by atoms with van der Waals surface area (Å²) in [7, 11) is 0. The van der Waals surface area contributed by atoms with Crippen molar-refractivity contribution in [3.63, 3.8) is 0 Å². The number of hydrazine groups is 1. The zero-order valence-electron chi connectivity index (χ0n) is 12.0. The number of hydrogen-bond donors (Lipinski definition) is 3. The van der Waals surface area contributed by atoms with E-state index in [1.54, 1.807) is 6.92 Å². The van der Waals surface area contributed by atoms with Crippen molar-refractivity contribution in [1.29, 1.82) is 0 Å². The molecule has 2 rings (SSSR count). The summed E-state index contributed by atoms with van der Waals surface area (Å²) in [6.07, 6.45) is 1.61. The van der Waals surface area contributed by atoms with E-state index >= 15 is 0 Å². The van der Waals surface area contributed by atoms with Crippen molar-refractivity contribution >= 4 is 40.9 Å². The molecule has 0 saturated heterocycles. The number of nitrogens with one attached hydrogen (secondary N) is 1. The molecule has 0 bridgehead atoms. The Morgan fingerprint density at radius 2 is 1.91 bits per heavy atom. The number of thioether (sulfide) groups is 1. The van der Waals surface area contributed by atoms with E-state index in [1.165, 1.54) is 11.8 Å². The van der Waals surface area contributed by atoms with Gasteiger partial charge in [0.2, 0.25) is 0 Å². The van der Waals surface area contributed by atoms with Crippen LogP contribution >= 0.6 is 35.0 Å². The molecule has 0 heterocycles. The second-order valence-corrected chi connectivity index (χ2v) is 6.94. The Morgan fingerprint density at radius 3 is 2.36 bits per heavy atom. The molecule has 0 saturated carbocycles. The Morgan fingerprint density at radius 1 is 1.36 bits per heavy atom.